The molecule has 8 heteroatoms. The lowest BCUT2D eigenvalue weighted by molar-refractivity contribution is 0.281. The van der Waals surface area contributed by atoms with Crippen molar-refractivity contribution in [1.29, 1.82) is 0 Å². The number of benzene rings is 1. The summed E-state index contributed by atoms with van der Waals surface area (Å²) in [4.78, 5) is 2.16. The highest BCUT2D eigenvalue weighted by Crippen LogP contribution is 2.28. The quantitative estimate of drug-likeness (QED) is 0.819. The Morgan fingerprint density at radius 2 is 1.86 bits per heavy atom. The van der Waals surface area contributed by atoms with Gasteiger partial charge in [-0.05, 0) is 43.6 Å². The molecule has 0 spiro atoms. The molecule has 1 heterocycles. The van der Waals surface area contributed by atoms with Gasteiger partial charge in [0.15, 0.2) is 0 Å². The largest absolute Gasteiger partial charge is 0.392 e. The number of likely N-dealkylation sites (tertiary alicyclic amines) is 1. The summed E-state index contributed by atoms with van der Waals surface area (Å²) in [7, 11) is -3.71. The summed E-state index contributed by atoms with van der Waals surface area (Å²) < 4.78 is 27.1. The van der Waals surface area contributed by atoms with Crippen LogP contribution in [0.4, 0.5) is 0 Å². The molecule has 1 aromatic rings. The van der Waals surface area contributed by atoms with Crippen molar-refractivity contribution in [3.8, 4) is 0 Å². The molecule has 0 unspecified atom stereocenters. The topological polar surface area (TPSA) is 69.6 Å². The Morgan fingerprint density at radius 1 is 1.19 bits per heavy atom. The lowest BCUT2D eigenvalue weighted by Crippen LogP contribution is -2.33. The third-order valence-electron chi connectivity index (χ3n) is 3.48. The van der Waals surface area contributed by atoms with Gasteiger partial charge in [-0.15, -0.1) is 0 Å². The SMILES string of the molecule is O=S(=O)(NCCN1CCCC1)c1cc(CO)c(Cl)cc1Cl. The van der Waals surface area contributed by atoms with E-state index in [0.717, 1.165) is 25.9 Å². The van der Waals surface area contributed by atoms with E-state index in [1.54, 1.807) is 0 Å². The van der Waals surface area contributed by atoms with Gasteiger partial charge >= 0.3 is 0 Å². The molecule has 0 radical (unpaired) electrons. The molecule has 21 heavy (non-hydrogen) atoms. The molecule has 1 fully saturated rings. The molecule has 1 saturated heterocycles. The van der Waals surface area contributed by atoms with E-state index in [-0.39, 0.29) is 21.5 Å². The second kappa shape index (κ2) is 7.26. The first-order chi connectivity index (χ1) is 9.94. The Hall–Kier alpha value is -0.370. The van der Waals surface area contributed by atoms with Crippen LogP contribution in [0.5, 0.6) is 0 Å². The van der Waals surface area contributed by atoms with E-state index in [9.17, 15) is 8.42 Å². The molecule has 2 N–H and O–H groups in total. The van der Waals surface area contributed by atoms with Crippen molar-refractivity contribution in [1.82, 2.24) is 9.62 Å². The van der Waals surface area contributed by atoms with Gasteiger partial charge in [0, 0.05) is 18.1 Å². The number of nitrogens with zero attached hydrogens (tertiary/aromatic N) is 1. The molecule has 1 aliphatic rings. The van der Waals surface area contributed by atoms with Crippen LogP contribution in [0, 0.1) is 0 Å². The fourth-order valence-electron chi connectivity index (χ4n) is 2.32. The van der Waals surface area contributed by atoms with Gasteiger partial charge in [-0.2, -0.15) is 0 Å². The highest BCUT2D eigenvalue weighted by Gasteiger charge is 2.20. The summed E-state index contributed by atoms with van der Waals surface area (Å²) in [6.45, 7) is 2.69. The molecule has 1 aliphatic heterocycles. The molecule has 1 aromatic carbocycles. The van der Waals surface area contributed by atoms with Crippen molar-refractivity contribution in [2.24, 2.45) is 0 Å². The van der Waals surface area contributed by atoms with E-state index in [0.29, 0.717) is 18.7 Å². The maximum absolute atomic E-state index is 12.3. The number of hydrogen-bond donors (Lipinski definition) is 2. The number of aliphatic hydroxyl groups is 1. The van der Waals surface area contributed by atoms with E-state index in [2.05, 4.69) is 9.62 Å². The van der Waals surface area contributed by atoms with E-state index in [1.165, 1.54) is 12.1 Å². The van der Waals surface area contributed by atoms with Crippen LogP contribution in [-0.2, 0) is 16.6 Å². The third kappa shape index (κ3) is 4.31. The monoisotopic (exact) mass is 352 g/mol. The van der Waals surface area contributed by atoms with Crippen molar-refractivity contribution in [2.45, 2.75) is 24.3 Å². The van der Waals surface area contributed by atoms with Crippen LogP contribution in [0.15, 0.2) is 17.0 Å². The van der Waals surface area contributed by atoms with Crippen LogP contribution in [-0.4, -0.2) is 44.6 Å². The zero-order chi connectivity index (χ0) is 15.5. The number of rotatable bonds is 6. The van der Waals surface area contributed by atoms with Crippen LogP contribution in [0.3, 0.4) is 0 Å². The van der Waals surface area contributed by atoms with Crippen LogP contribution >= 0.6 is 23.2 Å². The van der Waals surface area contributed by atoms with Crippen molar-refractivity contribution in [2.75, 3.05) is 26.2 Å². The molecule has 2 rings (SSSR count). The van der Waals surface area contributed by atoms with Gasteiger partial charge in [0.2, 0.25) is 10.0 Å². The highest BCUT2D eigenvalue weighted by atomic mass is 35.5. The number of sulfonamides is 1. The molecule has 5 nitrogen and oxygen atoms in total. The van der Waals surface area contributed by atoms with Crippen LogP contribution < -0.4 is 4.72 Å². The standard InChI is InChI=1S/C13H18Cl2N2O3S/c14-11-8-12(15)13(7-10(11)9-18)21(19,20)16-3-6-17-4-1-2-5-17/h7-8,16,18H,1-6,9H2. The Balaban J connectivity index is 2.07. The summed E-state index contributed by atoms with van der Waals surface area (Å²) in [5.74, 6) is 0. The summed E-state index contributed by atoms with van der Waals surface area (Å²) in [6.07, 6.45) is 2.32. The third-order valence-corrected chi connectivity index (χ3v) is 5.76. The summed E-state index contributed by atoms with van der Waals surface area (Å²) in [5.41, 5.74) is 0.334. The first kappa shape index (κ1) is 17.0. The lowest BCUT2D eigenvalue weighted by Gasteiger charge is -2.15. The number of halogens is 2. The fourth-order valence-corrected chi connectivity index (χ4v) is 4.20. The Kier molecular flexibility index (Phi) is 5.88. The molecular formula is C13H18Cl2N2O3S. The zero-order valence-corrected chi connectivity index (χ0v) is 13.8. The van der Waals surface area contributed by atoms with Crippen LogP contribution in [0.1, 0.15) is 18.4 Å². The molecule has 0 atom stereocenters. The highest BCUT2D eigenvalue weighted by molar-refractivity contribution is 7.89. The van der Waals surface area contributed by atoms with E-state index >= 15 is 0 Å². The predicted octanol–water partition coefficient (Wildman–Crippen LogP) is 1.86. The van der Waals surface area contributed by atoms with Gasteiger partial charge in [0.25, 0.3) is 0 Å². The average molecular weight is 353 g/mol. The lowest BCUT2D eigenvalue weighted by atomic mass is 10.2. The summed E-state index contributed by atoms with van der Waals surface area (Å²) >= 11 is 11.8. The second-order valence-electron chi connectivity index (χ2n) is 4.98. The first-order valence-corrected chi connectivity index (χ1v) is 8.99. The van der Waals surface area contributed by atoms with Gasteiger partial charge in [-0.3, -0.25) is 0 Å². The minimum Gasteiger partial charge on any atom is -0.392 e. The molecule has 0 amide bonds. The van der Waals surface area contributed by atoms with E-state index in [4.69, 9.17) is 28.3 Å². The van der Waals surface area contributed by atoms with Gasteiger partial charge in [0.05, 0.1) is 11.6 Å². The number of aliphatic hydroxyl groups excluding tert-OH is 1. The van der Waals surface area contributed by atoms with Crippen LogP contribution in [0.2, 0.25) is 10.0 Å². The maximum Gasteiger partial charge on any atom is 0.242 e. The molecule has 118 valence electrons. The van der Waals surface area contributed by atoms with Gasteiger partial charge in [0.1, 0.15) is 4.90 Å². The Bertz CT molecular complexity index is 602. The second-order valence-corrected chi connectivity index (χ2v) is 7.53. The zero-order valence-electron chi connectivity index (χ0n) is 11.5. The molecule has 0 aromatic heterocycles. The van der Waals surface area contributed by atoms with E-state index < -0.39 is 10.0 Å². The first-order valence-electron chi connectivity index (χ1n) is 6.75. The van der Waals surface area contributed by atoms with Gasteiger partial charge in [-0.1, -0.05) is 23.2 Å². The van der Waals surface area contributed by atoms with Crippen molar-refractivity contribution in [3.63, 3.8) is 0 Å². The van der Waals surface area contributed by atoms with E-state index in [1.807, 2.05) is 0 Å². The number of hydrogen-bond acceptors (Lipinski definition) is 4. The van der Waals surface area contributed by atoms with Gasteiger partial charge < -0.3 is 10.0 Å². The van der Waals surface area contributed by atoms with Crippen molar-refractivity contribution in [3.05, 3.63) is 27.7 Å². The maximum atomic E-state index is 12.3. The smallest absolute Gasteiger partial charge is 0.242 e. The predicted molar refractivity (Wildman–Crippen MR) is 83.2 cm³/mol. The Morgan fingerprint density at radius 3 is 2.48 bits per heavy atom. The van der Waals surface area contributed by atoms with Crippen LogP contribution in [0.25, 0.3) is 0 Å². The minimum absolute atomic E-state index is 0.0471. The summed E-state index contributed by atoms with van der Waals surface area (Å²) in [6, 6.07) is 2.65. The van der Waals surface area contributed by atoms with Crippen molar-refractivity contribution < 1.29 is 13.5 Å². The summed E-state index contributed by atoms with van der Waals surface area (Å²) in [5, 5.41) is 9.47. The minimum atomic E-state index is -3.71. The van der Waals surface area contributed by atoms with Crippen molar-refractivity contribution >= 4 is 33.2 Å². The normalized spacial score (nSPS) is 16.5. The molecular weight excluding hydrogens is 335 g/mol. The number of nitrogens with one attached hydrogen (secondary N) is 1. The van der Waals surface area contributed by atoms with Gasteiger partial charge in [-0.25, -0.2) is 13.1 Å². The Labute approximate surface area is 134 Å². The fraction of sp³-hybridized carbons (Fsp3) is 0.538. The molecule has 0 bridgehead atoms. The molecule has 0 saturated carbocycles. The average Bonchev–Trinajstić information content (AvgIpc) is 2.91. The molecule has 0 aliphatic carbocycles.